The second-order valence-electron chi connectivity index (χ2n) is 13.8. The molecule has 2 aromatic carbocycles. The number of carbonyl (C=O) groups is 2. The molecule has 1 aliphatic rings. The maximum Gasteiger partial charge on any atom is 0.246 e. The number of nitrogens with zero attached hydrogens (tertiary/aromatic N) is 5. The Morgan fingerprint density at radius 3 is 2.42 bits per heavy atom. The van der Waals surface area contributed by atoms with Crippen molar-refractivity contribution in [2.75, 3.05) is 32.0 Å². The number of phenolic OH excluding ortho intramolecular Hbond substituents is 1. The molecule has 10 nitrogen and oxygen atoms in total. The number of benzene rings is 2. The van der Waals surface area contributed by atoms with Crippen LogP contribution in [0.25, 0.3) is 16.9 Å². The monoisotopic (exact) mass is 651 g/mol. The van der Waals surface area contributed by atoms with Gasteiger partial charge in [0, 0.05) is 49.6 Å². The van der Waals surface area contributed by atoms with E-state index in [1.54, 1.807) is 36.7 Å². The lowest BCUT2D eigenvalue weighted by atomic mass is 9.87. The first kappa shape index (κ1) is 34.8. The van der Waals surface area contributed by atoms with Gasteiger partial charge in [-0.3, -0.25) is 19.5 Å². The highest BCUT2D eigenvalue weighted by atomic mass is 16.3. The molecule has 2 atom stereocenters. The lowest BCUT2D eigenvalue weighted by Gasteiger charge is -2.27. The fourth-order valence-corrected chi connectivity index (χ4v) is 6.21. The normalized spacial score (nSPS) is 15.7. The number of phenols is 1. The van der Waals surface area contributed by atoms with E-state index < -0.39 is 6.04 Å². The number of imide groups is 1. The summed E-state index contributed by atoms with van der Waals surface area (Å²) in [7, 11) is 2.09. The number of aromatic hydroxyl groups is 1. The van der Waals surface area contributed by atoms with Crippen molar-refractivity contribution in [3.8, 4) is 22.7 Å². The second kappa shape index (κ2) is 15.6. The number of hydrogen-bond donors (Lipinski definition) is 3. The van der Waals surface area contributed by atoms with Gasteiger partial charge in [0.1, 0.15) is 11.6 Å². The maximum atomic E-state index is 13.6. The molecule has 1 saturated heterocycles. The minimum atomic E-state index is -0.858. The van der Waals surface area contributed by atoms with Gasteiger partial charge in [-0.15, -0.1) is 0 Å². The zero-order valence-electron chi connectivity index (χ0n) is 28.6. The van der Waals surface area contributed by atoms with Gasteiger partial charge in [-0.1, -0.05) is 45.0 Å². The molecule has 1 fully saturated rings. The van der Waals surface area contributed by atoms with Crippen LogP contribution in [0.1, 0.15) is 64.0 Å². The third-order valence-electron chi connectivity index (χ3n) is 9.17. The quantitative estimate of drug-likeness (QED) is 0.161. The summed E-state index contributed by atoms with van der Waals surface area (Å²) >= 11 is 0. The molecule has 2 amide bonds. The Kier molecular flexibility index (Phi) is 11.3. The molecule has 254 valence electrons. The van der Waals surface area contributed by atoms with E-state index in [1.807, 2.05) is 22.9 Å². The highest BCUT2D eigenvalue weighted by Gasteiger charge is 2.29. The van der Waals surface area contributed by atoms with Crippen LogP contribution in [-0.4, -0.2) is 80.3 Å². The summed E-state index contributed by atoms with van der Waals surface area (Å²) in [5, 5.41) is 18.0. The van der Waals surface area contributed by atoms with Crippen molar-refractivity contribution in [1.29, 1.82) is 0 Å². The zero-order valence-corrected chi connectivity index (χ0v) is 28.6. The van der Waals surface area contributed by atoms with Crippen LogP contribution in [0.2, 0.25) is 0 Å². The number of aromatic nitrogens is 3. The van der Waals surface area contributed by atoms with Crippen molar-refractivity contribution < 1.29 is 14.7 Å². The van der Waals surface area contributed by atoms with Crippen LogP contribution >= 0.6 is 0 Å². The fourth-order valence-electron chi connectivity index (χ4n) is 6.21. The van der Waals surface area contributed by atoms with Gasteiger partial charge in [0.15, 0.2) is 0 Å². The standard InChI is InChI=1S/C38H49N7O3/c1-38(2,3)29-11-13-31(14-12-29)45-35(26-34(42-45)28-17-21-40-22-18-28)41-20-5-8-36(47)44(24-19-30-7-6-23-43(30)4)37(48)33(39)25-27-9-15-32(46)16-10-27/h9-18,21-22,26,30,33,41,46H,5-8,19-20,23-25,39H2,1-4H3. The lowest BCUT2D eigenvalue weighted by Crippen LogP contribution is -2.49. The van der Waals surface area contributed by atoms with Crippen LogP contribution in [0.5, 0.6) is 5.75 Å². The van der Waals surface area contributed by atoms with E-state index in [0.29, 0.717) is 25.6 Å². The maximum absolute atomic E-state index is 13.6. The number of anilines is 1. The molecule has 4 N–H and O–H groups in total. The summed E-state index contributed by atoms with van der Waals surface area (Å²) in [6.07, 6.45) is 7.42. The van der Waals surface area contributed by atoms with Crippen LogP contribution in [0.3, 0.4) is 0 Å². The average molecular weight is 652 g/mol. The first-order valence-corrected chi connectivity index (χ1v) is 16.9. The smallest absolute Gasteiger partial charge is 0.246 e. The van der Waals surface area contributed by atoms with Crippen LogP contribution in [-0.2, 0) is 21.4 Å². The predicted octanol–water partition coefficient (Wildman–Crippen LogP) is 5.54. The molecule has 0 radical (unpaired) electrons. The van der Waals surface area contributed by atoms with Gasteiger partial charge in [0.25, 0.3) is 0 Å². The topological polar surface area (TPSA) is 130 Å². The third-order valence-corrected chi connectivity index (χ3v) is 9.17. The van der Waals surface area contributed by atoms with Crippen LogP contribution in [0.4, 0.5) is 5.82 Å². The Balaban J connectivity index is 1.26. The van der Waals surface area contributed by atoms with Gasteiger partial charge in [0.05, 0.1) is 17.4 Å². The molecule has 2 unspecified atom stereocenters. The molecule has 5 rings (SSSR count). The van der Waals surface area contributed by atoms with Gasteiger partial charge >= 0.3 is 0 Å². The SMILES string of the molecule is CN1CCCC1CCN(C(=O)CCCNc1cc(-c2ccncc2)nn1-c1ccc(C(C)(C)C)cc1)C(=O)C(N)Cc1ccc(O)cc1. The van der Waals surface area contributed by atoms with Gasteiger partial charge in [-0.25, -0.2) is 4.68 Å². The van der Waals surface area contributed by atoms with E-state index in [2.05, 4.69) is 67.3 Å². The molecule has 0 saturated carbocycles. The minimum absolute atomic E-state index is 0.0379. The summed E-state index contributed by atoms with van der Waals surface area (Å²) < 4.78 is 1.89. The van der Waals surface area contributed by atoms with Crippen molar-refractivity contribution in [1.82, 2.24) is 24.6 Å². The van der Waals surface area contributed by atoms with Crippen molar-refractivity contribution in [3.05, 3.63) is 90.3 Å². The number of rotatable bonds is 13. The molecule has 4 aromatic rings. The van der Waals surface area contributed by atoms with Crippen LogP contribution in [0, 0.1) is 0 Å². The predicted molar refractivity (Wildman–Crippen MR) is 190 cm³/mol. The molecular weight excluding hydrogens is 602 g/mol. The van der Waals surface area contributed by atoms with E-state index in [9.17, 15) is 14.7 Å². The number of hydrogen-bond acceptors (Lipinski definition) is 8. The number of likely N-dealkylation sites (tertiary alicyclic amines) is 1. The van der Waals surface area contributed by atoms with E-state index in [0.717, 1.165) is 54.1 Å². The van der Waals surface area contributed by atoms with Crippen molar-refractivity contribution in [3.63, 3.8) is 0 Å². The number of nitrogens with two attached hydrogens (primary N) is 1. The summed E-state index contributed by atoms with van der Waals surface area (Å²) in [6, 6.07) is 20.4. The van der Waals surface area contributed by atoms with E-state index in [-0.39, 0.29) is 35.8 Å². The number of carbonyl (C=O) groups excluding carboxylic acids is 2. The molecule has 0 bridgehead atoms. The molecule has 0 aliphatic carbocycles. The van der Waals surface area contributed by atoms with E-state index >= 15 is 0 Å². The van der Waals surface area contributed by atoms with Gasteiger partial charge in [-0.05, 0) is 98.6 Å². The molecule has 2 aromatic heterocycles. The van der Waals surface area contributed by atoms with E-state index in [4.69, 9.17) is 10.8 Å². The third kappa shape index (κ3) is 8.87. The van der Waals surface area contributed by atoms with Crippen LogP contribution < -0.4 is 11.1 Å². The lowest BCUT2D eigenvalue weighted by molar-refractivity contribution is -0.146. The highest BCUT2D eigenvalue weighted by Crippen LogP contribution is 2.27. The molecular formula is C38H49N7O3. The van der Waals surface area contributed by atoms with Crippen molar-refractivity contribution >= 4 is 17.6 Å². The first-order chi connectivity index (χ1) is 23.0. The summed E-state index contributed by atoms with van der Waals surface area (Å²) in [6.45, 7) is 8.46. The zero-order chi connectivity index (χ0) is 34.3. The largest absolute Gasteiger partial charge is 0.508 e. The fraction of sp³-hybridized carbons (Fsp3) is 0.421. The van der Waals surface area contributed by atoms with Gasteiger partial charge < -0.3 is 21.1 Å². The Bertz CT molecular complexity index is 1650. The Hall–Kier alpha value is -4.54. The highest BCUT2D eigenvalue weighted by molar-refractivity contribution is 5.97. The van der Waals surface area contributed by atoms with Gasteiger partial charge in [-0.2, -0.15) is 5.10 Å². The molecule has 1 aliphatic heterocycles. The Morgan fingerprint density at radius 2 is 1.77 bits per heavy atom. The van der Waals surface area contributed by atoms with Crippen molar-refractivity contribution in [2.45, 2.75) is 76.8 Å². The molecule has 3 heterocycles. The summed E-state index contributed by atoms with van der Waals surface area (Å²) in [5.74, 6) is 0.388. The minimum Gasteiger partial charge on any atom is -0.508 e. The molecule has 10 heteroatoms. The first-order valence-electron chi connectivity index (χ1n) is 16.9. The van der Waals surface area contributed by atoms with E-state index in [1.165, 1.54) is 10.5 Å². The molecule has 0 spiro atoms. The second-order valence-corrected chi connectivity index (χ2v) is 13.8. The Labute approximate surface area is 284 Å². The molecule has 48 heavy (non-hydrogen) atoms. The van der Waals surface area contributed by atoms with Crippen LogP contribution in [0.15, 0.2) is 79.1 Å². The van der Waals surface area contributed by atoms with Gasteiger partial charge in [0.2, 0.25) is 11.8 Å². The average Bonchev–Trinajstić information content (AvgIpc) is 3.70. The number of amides is 2. The number of nitrogens with one attached hydrogen (secondary N) is 1. The summed E-state index contributed by atoms with van der Waals surface area (Å²) in [5.41, 5.74) is 11.2. The van der Waals surface area contributed by atoms with Crippen molar-refractivity contribution in [2.24, 2.45) is 5.73 Å². The number of pyridine rings is 1. The Morgan fingerprint density at radius 1 is 1.06 bits per heavy atom. The summed E-state index contributed by atoms with van der Waals surface area (Å²) in [4.78, 5) is 35.0.